The summed E-state index contributed by atoms with van der Waals surface area (Å²) in [6.45, 7) is 0.738. The molecule has 0 saturated carbocycles. The monoisotopic (exact) mass is 289 g/mol. The van der Waals surface area contributed by atoms with Crippen molar-refractivity contribution < 1.29 is 13.9 Å². The molecule has 1 amide bonds. The number of amides is 1. The normalized spacial score (nSPS) is 10.4. The molecule has 1 aromatic carbocycles. The number of ether oxygens (including phenoxy) is 1. The van der Waals surface area contributed by atoms with Crippen LogP contribution >= 0.6 is 0 Å². The Hall–Kier alpha value is -2.47. The molecule has 0 aliphatic heterocycles. The largest absolute Gasteiger partial charge is 0.481 e. The number of benzene rings is 1. The number of aromatic nitrogens is 1. The number of hydrogen-bond acceptors (Lipinski definition) is 4. The van der Waals surface area contributed by atoms with Gasteiger partial charge in [-0.25, -0.2) is 9.37 Å². The molecule has 1 aromatic heterocycles. The van der Waals surface area contributed by atoms with E-state index in [1.165, 1.54) is 18.2 Å². The number of nitrogens with one attached hydrogen (secondary N) is 1. The van der Waals surface area contributed by atoms with E-state index in [4.69, 9.17) is 10.5 Å². The van der Waals surface area contributed by atoms with Crippen LogP contribution in [0.3, 0.4) is 0 Å². The molecule has 0 saturated heterocycles. The third kappa shape index (κ3) is 3.76. The van der Waals surface area contributed by atoms with Crippen molar-refractivity contribution in [2.75, 3.05) is 7.11 Å². The van der Waals surface area contributed by atoms with Crippen LogP contribution in [0.4, 0.5) is 4.39 Å². The van der Waals surface area contributed by atoms with Crippen molar-refractivity contribution in [2.45, 2.75) is 13.1 Å². The summed E-state index contributed by atoms with van der Waals surface area (Å²) in [7, 11) is 1.54. The first-order valence-electron chi connectivity index (χ1n) is 6.38. The van der Waals surface area contributed by atoms with Gasteiger partial charge in [-0.05, 0) is 24.3 Å². The predicted molar refractivity (Wildman–Crippen MR) is 76.3 cm³/mol. The second-order valence-corrected chi connectivity index (χ2v) is 4.45. The van der Waals surface area contributed by atoms with Gasteiger partial charge in [0.05, 0.1) is 7.11 Å². The van der Waals surface area contributed by atoms with E-state index in [-0.39, 0.29) is 17.9 Å². The Morgan fingerprint density at radius 3 is 2.81 bits per heavy atom. The molecule has 0 aliphatic rings. The van der Waals surface area contributed by atoms with Crippen molar-refractivity contribution in [3.63, 3.8) is 0 Å². The van der Waals surface area contributed by atoms with E-state index in [1.807, 2.05) is 6.07 Å². The molecule has 0 aliphatic carbocycles. The first-order valence-corrected chi connectivity index (χ1v) is 6.38. The summed E-state index contributed by atoms with van der Waals surface area (Å²) in [6, 6.07) is 7.72. The summed E-state index contributed by atoms with van der Waals surface area (Å²) < 4.78 is 18.8. The van der Waals surface area contributed by atoms with Gasteiger partial charge >= 0.3 is 0 Å². The zero-order valence-electron chi connectivity index (χ0n) is 11.6. The summed E-state index contributed by atoms with van der Waals surface area (Å²) in [6.07, 6.45) is 1.64. The molecule has 2 aromatic rings. The SMILES string of the molecule is COc1ncccc1CNCc1cc(C(N)=O)ccc1F. The van der Waals surface area contributed by atoms with Crippen LogP contribution in [0.2, 0.25) is 0 Å². The molecule has 6 heteroatoms. The summed E-state index contributed by atoms with van der Waals surface area (Å²) in [5.74, 6) is -0.438. The third-order valence-corrected chi connectivity index (χ3v) is 3.00. The van der Waals surface area contributed by atoms with E-state index in [2.05, 4.69) is 10.3 Å². The van der Waals surface area contributed by atoms with Crippen molar-refractivity contribution in [1.82, 2.24) is 10.3 Å². The van der Waals surface area contributed by atoms with Crippen LogP contribution in [-0.4, -0.2) is 18.0 Å². The van der Waals surface area contributed by atoms with Crippen molar-refractivity contribution in [3.8, 4) is 5.88 Å². The Morgan fingerprint density at radius 1 is 1.33 bits per heavy atom. The summed E-state index contributed by atoms with van der Waals surface area (Å²) in [4.78, 5) is 15.2. The number of halogens is 1. The number of methoxy groups -OCH3 is 1. The number of nitrogens with two attached hydrogens (primary N) is 1. The minimum atomic E-state index is -0.579. The number of rotatable bonds is 6. The standard InChI is InChI=1S/C15H16FN3O2/c1-21-15-11(3-2-6-19-15)8-18-9-12-7-10(14(17)20)4-5-13(12)16/h2-7,18H,8-9H2,1H3,(H2,17,20). The number of carbonyl (C=O) groups is 1. The van der Waals surface area contributed by atoms with Crippen LogP contribution in [-0.2, 0) is 13.1 Å². The maximum absolute atomic E-state index is 13.7. The highest BCUT2D eigenvalue weighted by Gasteiger charge is 2.08. The van der Waals surface area contributed by atoms with Crippen LogP contribution in [0.15, 0.2) is 36.5 Å². The van der Waals surface area contributed by atoms with E-state index in [0.29, 0.717) is 18.0 Å². The molecule has 1 heterocycles. The van der Waals surface area contributed by atoms with Crippen LogP contribution in [0.1, 0.15) is 21.5 Å². The zero-order valence-corrected chi connectivity index (χ0v) is 11.6. The van der Waals surface area contributed by atoms with Crippen LogP contribution in [0.25, 0.3) is 0 Å². The number of pyridine rings is 1. The molecule has 0 unspecified atom stereocenters. The molecule has 0 atom stereocenters. The van der Waals surface area contributed by atoms with Gasteiger partial charge in [0.1, 0.15) is 5.82 Å². The van der Waals surface area contributed by atoms with Gasteiger partial charge in [0.25, 0.3) is 0 Å². The van der Waals surface area contributed by atoms with Crippen molar-refractivity contribution in [3.05, 3.63) is 59.0 Å². The average molecular weight is 289 g/mol. The van der Waals surface area contributed by atoms with Gasteiger partial charge in [-0.1, -0.05) is 6.07 Å². The lowest BCUT2D eigenvalue weighted by molar-refractivity contribution is 0.1000. The molecule has 0 radical (unpaired) electrons. The van der Waals surface area contributed by atoms with Gasteiger partial charge in [0.15, 0.2) is 0 Å². The second-order valence-electron chi connectivity index (χ2n) is 4.45. The number of hydrogen-bond donors (Lipinski definition) is 2. The molecule has 5 nitrogen and oxygen atoms in total. The van der Waals surface area contributed by atoms with Crippen molar-refractivity contribution in [1.29, 1.82) is 0 Å². The molecule has 3 N–H and O–H groups in total. The quantitative estimate of drug-likeness (QED) is 0.847. The zero-order chi connectivity index (χ0) is 15.2. The summed E-state index contributed by atoms with van der Waals surface area (Å²) >= 11 is 0. The number of primary amides is 1. The third-order valence-electron chi connectivity index (χ3n) is 3.00. The Bertz CT molecular complexity index is 647. The molecular formula is C15H16FN3O2. The average Bonchev–Trinajstić information content (AvgIpc) is 2.49. The molecule has 0 bridgehead atoms. The minimum Gasteiger partial charge on any atom is -0.481 e. The first kappa shape index (κ1) is 14.9. The maximum Gasteiger partial charge on any atom is 0.248 e. The van der Waals surface area contributed by atoms with E-state index in [9.17, 15) is 9.18 Å². The molecule has 110 valence electrons. The van der Waals surface area contributed by atoms with Gasteiger partial charge < -0.3 is 15.8 Å². The summed E-state index contributed by atoms with van der Waals surface area (Å²) in [5.41, 5.74) is 6.72. The first-order chi connectivity index (χ1) is 10.1. The highest BCUT2D eigenvalue weighted by molar-refractivity contribution is 5.92. The minimum absolute atomic E-state index is 0.269. The lowest BCUT2D eigenvalue weighted by atomic mass is 10.1. The van der Waals surface area contributed by atoms with E-state index >= 15 is 0 Å². The van der Waals surface area contributed by atoms with Gasteiger partial charge in [0, 0.05) is 36.0 Å². The Labute approximate surface area is 121 Å². The summed E-state index contributed by atoms with van der Waals surface area (Å²) in [5, 5.41) is 3.09. The molecule has 21 heavy (non-hydrogen) atoms. The number of carbonyl (C=O) groups excluding carboxylic acids is 1. The second kappa shape index (κ2) is 6.81. The topological polar surface area (TPSA) is 77.2 Å². The fraction of sp³-hybridized carbons (Fsp3) is 0.200. The van der Waals surface area contributed by atoms with E-state index in [0.717, 1.165) is 5.56 Å². The highest BCUT2D eigenvalue weighted by atomic mass is 19.1. The van der Waals surface area contributed by atoms with Crippen molar-refractivity contribution in [2.24, 2.45) is 5.73 Å². The fourth-order valence-electron chi connectivity index (χ4n) is 1.94. The Kier molecular flexibility index (Phi) is 4.84. The highest BCUT2D eigenvalue weighted by Crippen LogP contribution is 2.14. The fourth-order valence-corrected chi connectivity index (χ4v) is 1.94. The molecule has 0 fully saturated rings. The van der Waals surface area contributed by atoms with Gasteiger partial charge in [-0.2, -0.15) is 0 Å². The van der Waals surface area contributed by atoms with Crippen LogP contribution in [0.5, 0.6) is 5.88 Å². The maximum atomic E-state index is 13.7. The van der Waals surface area contributed by atoms with Gasteiger partial charge in [-0.15, -0.1) is 0 Å². The lowest BCUT2D eigenvalue weighted by Crippen LogP contribution is -2.16. The van der Waals surface area contributed by atoms with Crippen LogP contribution < -0.4 is 15.8 Å². The van der Waals surface area contributed by atoms with Gasteiger partial charge in [-0.3, -0.25) is 4.79 Å². The number of nitrogens with zero attached hydrogens (tertiary/aromatic N) is 1. The van der Waals surface area contributed by atoms with Crippen molar-refractivity contribution >= 4 is 5.91 Å². The van der Waals surface area contributed by atoms with E-state index in [1.54, 1.807) is 19.4 Å². The Balaban J connectivity index is 2.03. The smallest absolute Gasteiger partial charge is 0.248 e. The molecular weight excluding hydrogens is 273 g/mol. The van der Waals surface area contributed by atoms with Gasteiger partial charge in [0.2, 0.25) is 11.8 Å². The lowest BCUT2D eigenvalue weighted by Gasteiger charge is -2.09. The van der Waals surface area contributed by atoms with Crippen LogP contribution in [0, 0.1) is 5.82 Å². The molecule has 0 spiro atoms. The predicted octanol–water partition coefficient (Wildman–Crippen LogP) is 1.62. The van der Waals surface area contributed by atoms with E-state index < -0.39 is 5.91 Å². The Morgan fingerprint density at radius 2 is 2.10 bits per heavy atom. The molecule has 2 rings (SSSR count).